The quantitative estimate of drug-likeness (QED) is 0.932. The number of rotatable bonds is 3. The molecule has 0 aromatic heterocycles. The minimum atomic E-state index is -1.08. The standard InChI is InChI=1S/C15H15F2NO3/c16-11-3-1-2-9(13(11)17)14-10(15(20)21)6-7-12(19)18(14)8-4-5-8/h1-3,8,10,14H,4-7H2,(H,20,21). The van der Waals surface area contributed by atoms with Crippen molar-refractivity contribution in [1.29, 1.82) is 0 Å². The molecule has 1 saturated heterocycles. The van der Waals surface area contributed by atoms with E-state index >= 15 is 0 Å². The number of carbonyl (C=O) groups excluding carboxylic acids is 1. The van der Waals surface area contributed by atoms with Crippen molar-refractivity contribution in [3.8, 4) is 0 Å². The predicted molar refractivity (Wildman–Crippen MR) is 69.3 cm³/mol. The van der Waals surface area contributed by atoms with Crippen molar-refractivity contribution in [1.82, 2.24) is 4.90 Å². The van der Waals surface area contributed by atoms with Crippen LogP contribution < -0.4 is 0 Å². The molecule has 0 radical (unpaired) electrons. The topological polar surface area (TPSA) is 57.6 Å². The summed E-state index contributed by atoms with van der Waals surface area (Å²) in [7, 11) is 0. The number of carboxylic acids is 1. The highest BCUT2D eigenvalue weighted by Gasteiger charge is 2.47. The Balaban J connectivity index is 2.08. The molecule has 3 rings (SSSR count). The molecule has 0 spiro atoms. The molecule has 112 valence electrons. The lowest BCUT2D eigenvalue weighted by Crippen LogP contribution is -2.46. The number of piperidine rings is 1. The summed E-state index contributed by atoms with van der Waals surface area (Å²) in [5.74, 6) is -4.25. The third kappa shape index (κ3) is 2.39. The summed E-state index contributed by atoms with van der Waals surface area (Å²) in [5, 5.41) is 9.38. The summed E-state index contributed by atoms with van der Waals surface area (Å²) in [5.41, 5.74) is -0.0395. The maximum atomic E-state index is 14.1. The van der Waals surface area contributed by atoms with E-state index in [1.54, 1.807) is 0 Å². The van der Waals surface area contributed by atoms with Gasteiger partial charge < -0.3 is 10.0 Å². The summed E-state index contributed by atoms with van der Waals surface area (Å²) in [6, 6.07) is 2.73. The van der Waals surface area contributed by atoms with Crippen LogP contribution in [0.5, 0.6) is 0 Å². The molecule has 1 aliphatic carbocycles. The van der Waals surface area contributed by atoms with E-state index in [1.807, 2.05) is 0 Å². The first-order chi connectivity index (χ1) is 10.0. The van der Waals surface area contributed by atoms with Crippen LogP contribution in [0.25, 0.3) is 0 Å². The Morgan fingerprint density at radius 1 is 1.24 bits per heavy atom. The van der Waals surface area contributed by atoms with Crippen LogP contribution in [-0.2, 0) is 9.59 Å². The zero-order valence-electron chi connectivity index (χ0n) is 11.3. The molecule has 4 nitrogen and oxygen atoms in total. The monoisotopic (exact) mass is 295 g/mol. The van der Waals surface area contributed by atoms with E-state index in [0.717, 1.165) is 18.9 Å². The fourth-order valence-electron chi connectivity index (χ4n) is 3.07. The van der Waals surface area contributed by atoms with Gasteiger partial charge in [0.2, 0.25) is 5.91 Å². The maximum Gasteiger partial charge on any atom is 0.308 e. The van der Waals surface area contributed by atoms with Crippen molar-refractivity contribution in [2.75, 3.05) is 0 Å². The molecule has 2 aliphatic rings. The third-order valence-corrected chi connectivity index (χ3v) is 4.20. The Bertz CT molecular complexity index is 601. The SMILES string of the molecule is O=C(O)C1CCC(=O)N(C2CC2)C1c1cccc(F)c1F. The van der Waals surface area contributed by atoms with Crippen molar-refractivity contribution >= 4 is 11.9 Å². The number of amides is 1. The molecule has 1 amide bonds. The van der Waals surface area contributed by atoms with E-state index in [9.17, 15) is 23.5 Å². The fourth-order valence-corrected chi connectivity index (χ4v) is 3.07. The molecule has 1 N–H and O–H groups in total. The summed E-state index contributed by atoms with van der Waals surface area (Å²) in [6.07, 6.45) is 1.86. The summed E-state index contributed by atoms with van der Waals surface area (Å²) >= 11 is 0. The normalized spacial score (nSPS) is 26.0. The van der Waals surface area contributed by atoms with Crippen LogP contribution in [0.1, 0.15) is 37.3 Å². The van der Waals surface area contributed by atoms with E-state index < -0.39 is 29.6 Å². The minimum Gasteiger partial charge on any atom is -0.481 e. The Kier molecular flexibility index (Phi) is 3.39. The summed E-state index contributed by atoms with van der Waals surface area (Å²) in [4.78, 5) is 25.1. The van der Waals surface area contributed by atoms with Gasteiger partial charge in [0.25, 0.3) is 0 Å². The van der Waals surface area contributed by atoms with Crippen molar-refractivity contribution in [2.45, 2.75) is 37.8 Å². The van der Waals surface area contributed by atoms with Crippen LogP contribution in [-0.4, -0.2) is 27.9 Å². The lowest BCUT2D eigenvalue weighted by atomic mass is 9.84. The molecular formula is C15H15F2NO3. The van der Waals surface area contributed by atoms with Gasteiger partial charge in [-0.1, -0.05) is 12.1 Å². The van der Waals surface area contributed by atoms with E-state index in [-0.39, 0.29) is 30.4 Å². The van der Waals surface area contributed by atoms with E-state index in [2.05, 4.69) is 0 Å². The van der Waals surface area contributed by atoms with Gasteiger partial charge in [-0.25, -0.2) is 8.78 Å². The average Bonchev–Trinajstić information content (AvgIpc) is 3.25. The van der Waals surface area contributed by atoms with E-state index in [0.29, 0.717) is 0 Å². The first kappa shape index (κ1) is 14.0. The second-order valence-electron chi connectivity index (χ2n) is 5.60. The Labute approximate surface area is 120 Å². The average molecular weight is 295 g/mol. The Hall–Kier alpha value is -1.98. The van der Waals surface area contributed by atoms with Gasteiger partial charge in [-0.2, -0.15) is 0 Å². The molecule has 1 saturated carbocycles. The number of hydrogen-bond donors (Lipinski definition) is 1. The zero-order valence-corrected chi connectivity index (χ0v) is 11.3. The molecule has 1 aromatic rings. The highest BCUT2D eigenvalue weighted by atomic mass is 19.2. The van der Waals surface area contributed by atoms with Gasteiger partial charge in [-0.15, -0.1) is 0 Å². The number of nitrogens with zero attached hydrogens (tertiary/aromatic N) is 1. The first-order valence-corrected chi connectivity index (χ1v) is 6.98. The van der Waals surface area contributed by atoms with Gasteiger partial charge >= 0.3 is 5.97 Å². The summed E-state index contributed by atoms with van der Waals surface area (Å²) < 4.78 is 27.6. The van der Waals surface area contributed by atoms with Crippen LogP contribution in [0, 0.1) is 17.6 Å². The van der Waals surface area contributed by atoms with Crippen LogP contribution in [0.15, 0.2) is 18.2 Å². The van der Waals surface area contributed by atoms with Crippen molar-refractivity contribution < 1.29 is 23.5 Å². The molecule has 1 aliphatic heterocycles. The number of hydrogen-bond acceptors (Lipinski definition) is 2. The van der Waals surface area contributed by atoms with Crippen molar-refractivity contribution in [3.63, 3.8) is 0 Å². The first-order valence-electron chi connectivity index (χ1n) is 6.98. The molecule has 2 fully saturated rings. The number of likely N-dealkylation sites (tertiary alicyclic amines) is 1. The highest BCUT2D eigenvalue weighted by Crippen LogP contribution is 2.44. The number of halogens is 2. The van der Waals surface area contributed by atoms with E-state index in [1.165, 1.54) is 17.0 Å². The molecule has 2 atom stereocenters. The summed E-state index contributed by atoms with van der Waals surface area (Å²) in [6.45, 7) is 0. The second kappa shape index (κ2) is 5.09. The minimum absolute atomic E-state index is 0.0395. The Morgan fingerprint density at radius 3 is 2.57 bits per heavy atom. The van der Waals surface area contributed by atoms with Crippen LogP contribution in [0.4, 0.5) is 8.78 Å². The molecule has 0 bridgehead atoms. The molecule has 21 heavy (non-hydrogen) atoms. The molecule has 1 aromatic carbocycles. The number of aliphatic carboxylic acids is 1. The maximum absolute atomic E-state index is 14.1. The van der Waals surface area contributed by atoms with Crippen LogP contribution in [0.3, 0.4) is 0 Å². The van der Waals surface area contributed by atoms with Crippen molar-refractivity contribution in [2.24, 2.45) is 5.92 Å². The van der Waals surface area contributed by atoms with Crippen molar-refractivity contribution in [3.05, 3.63) is 35.4 Å². The molecule has 1 heterocycles. The largest absolute Gasteiger partial charge is 0.481 e. The molecule has 2 unspecified atom stereocenters. The molecule has 6 heteroatoms. The molecular weight excluding hydrogens is 280 g/mol. The van der Waals surface area contributed by atoms with Gasteiger partial charge in [-0.05, 0) is 25.3 Å². The highest BCUT2D eigenvalue weighted by molar-refractivity contribution is 5.82. The number of benzene rings is 1. The lowest BCUT2D eigenvalue weighted by Gasteiger charge is -2.40. The fraction of sp³-hybridized carbons (Fsp3) is 0.467. The smallest absolute Gasteiger partial charge is 0.308 e. The van der Waals surface area contributed by atoms with E-state index in [4.69, 9.17) is 0 Å². The van der Waals surface area contributed by atoms with Gasteiger partial charge in [0.15, 0.2) is 11.6 Å². The zero-order chi connectivity index (χ0) is 15.1. The van der Waals surface area contributed by atoms with Crippen LogP contribution >= 0.6 is 0 Å². The van der Waals surface area contributed by atoms with Gasteiger partial charge in [-0.3, -0.25) is 9.59 Å². The van der Waals surface area contributed by atoms with Gasteiger partial charge in [0.1, 0.15) is 0 Å². The predicted octanol–water partition coefficient (Wildman–Crippen LogP) is 2.49. The van der Waals surface area contributed by atoms with Crippen LogP contribution in [0.2, 0.25) is 0 Å². The second-order valence-corrected chi connectivity index (χ2v) is 5.60. The lowest BCUT2D eigenvalue weighted by molar-refractivity contribution is -0.152. The number of carboxylic acid groups (broad SMARTS) is 1. The van der Waals surface area contributed by atoms with Gasteiger partial charge in [0.05, 0.1) is 12.0 Å². The van der Waals surface area contributed by atoms with Gasteiger partial charge in [0, 0.05) is 18.0 Å². The third-order valence-electron chi connectivity index (χ3n) is 4.20. The Morgan fingerprint density at radius 2 is 1.95 bits per heavy atom. The number of carbonyl (C=O) groups is 2.